The van der Waals surface area contributed by atoms with Crippen LogP contribution in [0.2, 0.25) is 0 Å². The molecule has 3 nitrogen and oxygen atoms in total. The van der Waals surface area contributed by atoms with Crippen LogP contribution in [0.5, 0.6) is 0 Å². The van der Waals surface area contributed by atoms with Gasteiger partial charge < -0.3 is 16.4 Å². The van der Waals surface area contributed by atoms with Gasteiger partial charge in [-0.15, -0.1) is 0 Å². The van der Waals surface area contributed by atoms with Crippen LogP contribution in [0.4, 0.5) is 5.69 Å². The highest BCUT2D eigenvalue weighted by Gasteiger charge is 2.01. The fraction of sp³-hybridized carbons (Fsp3) is 0.200. The highest BCUT2D eigenvalue weighted by Crippen LogP contribution is 2.10. The maximum absolute atomic E-state index is 5.45. The third-order valence-corrected chi connectivity index (χ3v) is 2.57. The van der Waals surface area contributed by atoms with Crippen molar-refractivity contribution in [2.75, 3.05) is 11.9 Å². The Morgan fingerprint density at radius 1 is 1.33 bits per heavy atom. The van der Waals surface area contributed by atoms with Crippen molar-refractivity contribution >= 4 is 11.8 Å². The number of allylic oxidation sites excluding steroid dienone is 1. The van der Waals surface area contributed by atoms with Crippen LogP contribution < -0.4 is 16.4 Å². The lowest BCUT2D eigenvalue weighted by atomic mass is 10.2. The molecule has 0 aliphatic carbocycles. The van der Waals surface area contributed by atoms with Gasteiger partial charge in [0.1, 0.15) is 0 Å². The van der Waals surface area contributed by atoms with Gasteiger partial charge in [0.25, 0.3) is 0 Å². The zero-order valence-electron chi connectivity index (χ0n) is 10.8. The van der Waals surface area contributed by atoms with Crippen LogP contribution in [0.1, 0.15) is 12.5 Å². The van der Waals surface area contributed by atoms with E-state index in [0.29, 0.717) is 0 Å². The van der Waals surface area contributed by atoms with Crippen molar-refractivity contribution < 1.29 is 0 Å². The van der Waals surface area contributed by atoms with Gasteiger partial charge in [-0.1, -0.05) is 31.4 Å². The Bertz CT molecular complexity index is 418. The van der Waals surface area contributed by atoms with E-state index in [9.17, 15) is 0 Å². The molecule has 1 aromatic carbocycles. The van der Waals surface area contributed by atoms with E-state index in [1.54, 1.807) is 6.08 Å². The summed E-state index contributed by atoms with van der Waals surface area (Å²) >= 11 is 0. The summed E-state index contributed by atoms with van der Waals surface area (Å²) in [7, 11) is 0. The second kappa shape index (κ2) is 7.22. The van der Waals surface area contributed by atoms with Gasteiger partial charge in [-0.05, 0) is 30.7 Å². The minimum Gasteiger partial charge on any atom is -0.403 e. The number of nitrogens with two attached hydrogens (primary N) is 1. The monoisotopic (exact) mass is 243 g/mol. The van der Waals surface area contributed by atoms with Gasteiger partial charge in [-0.2, -0.15) is 0 Å². The Morgan fingerprint density at radius 2 is 2.00 bits per heavy atom. The smallest absolute Gasteiger partial charge is 0.0494 e. The summed E-state index contributed by atoms with van der Waals surface area (Å²) in [5.74, 6) is 0. The first-order valence-corrected chi connectivity index (χ1v) is 5.97. The van der Waals surface area contributed by atoms with Gasteiger partial charge in [0.15, 0.2) is 0 Å². The van der Waals surface area contributed by atoms with Crippen LogP contribution in [-0.4, -0.2) is 12.6 Å². The van der Waals surface area contributed by atoms with Crippen LogP contribution in [0.25, 0.3) is 6.08 Å². The van der Waals surface area contributed by atoms with Gasteiger partial charge in [-0.3, -0.25) is 0 Å². The predicted octanol–water partition coefficient (Wildman–Crippen LogP) is 2.71. The molecule has 0 aliphatic heterocycles. The topological polar surface area (TPSA) is 50.1 Å². The van der Waals surface area contributed by atoms with Crippen molar-refractivity contribution in [3.8, 4) is 0 Å². The average molecular weight is 243 g/mol. The van der Waals surface area contributed by atoms with Crippen molar-refractivity contribution in [1.82, 2.24) is 5.32 Å². The number of anilines is 1. The second-order valence-corrected chi connectivity index (χ2v) is 4.08. The van der Waals surface area contributed by atoms with E-state index in [2.05, 4.69) is 30.7 Å². The maximum Gasteiger partial charge on any atom is 0.0494 e. The van der Waals surface area contributed by atoms with E-state index in [-0.39, 0.29) is 6.04 Å². The largest absolute Gasteiger partial charge is 0.403 e. The predicted molar refractivity (Wildman–Crippen MR) is 80.1 cm³/mol. The lowest BCUT2D eigenvalue weighted by molar-refractivity contribution is 0.649. The molecule has 0 aromatic heterocycles. The summed E-state index contributed by atoms with van der Waals surface area (Å²) < 4.78 is 0. The minimum absolute atomic E-state index is 0.261. The Hall–Kier alpha value is -2.16. The van der Waals surface area contributed by atoms with Gasteiger partial charge in [-0.25, -0.2) is 0 Å². The fourth-order valence-corrected chi connectivity index (χ4v) is 1.52. The third-order valence-electron chi connectivity index (χ3n) is 2.57. The molecule has 0 aliphatic rings. The molecule has 1 aromatic rings. The van der Waals surface area contributed by atoms with E-state index in [4.69, 9.17) is 5.73 Å². The molecule has 4 N–H and O–H groups in total. The second-order valence-electron chi connectivity index (χ2n) is 4.08. The Morgan fingerprint density at radius 3 is 2.50 bits per heavy atom. The lowest BCUT2D eigenvalue weighted by Crippen LogP contribution is -2.32. The van der Waals surface area contributed by atoms with E-state index < -0.39 is 0 Å². The minimum atomic E-state index is 0.261. The van der Waals surface area contributed by atoms with Crippen LogP contribution in [0, 0.1) is 0 Å². The highest BCUT2D eigenvalue weighted by molar-refractivity contribution is 5.53. The van der Waals surface area contributed by atoms with Crippen molar-refractivity contribution in [2.24, 2.45) is 5.73 Å². The van der Waals surface area contributed by atoms with Gasteiger partial charge in [0.2, 0.25) is 0 Å². The summed E-state index contributed by atoms with van der Waals surface area (Å²) in [4.78, 5) is 0. The normalized spacial score (nSPS) is 12.6. The van der Waals surface area contributed by atoms with Gasteiger partial charge >= 0.3 is 0 Å². The van der Waals surface area contributed by atoms with Crippen molar-refractivity contribution in [3.63, 3.8) is 0 Å². The van der Waals surface area contributed by atoms with Crippen molar-refractivity contribution in [1.29, 1.82) is 0 Å². The summed E-state index contributed by atoms with van der Waals surface area (Å²) in [6.07, 6.45) is 5.05. The number of hydrogen-bond donors (Lipinski definition) is 3. The first-order chi connectivity index (χ1) is 8.69. The summed E-state index contributed by atoms with van der Waals surface area (Å²) in [5, 5.41) is 6.60. The molecular formula is C15H21N3. The first-order valence-electron chi connectivity index (χ1n) is 5.97. The summed E-state index contributed by atoms with van der Waals surface area (Å²) in [5.41, 5.74) is 8.49. The molecule has 0 heterocycles. The molecule has 0 amide bonds. The molecule has 1 rings (SSSR count). The Labute approximate surface area is 109 Å². The maximum atomic E-state index is 5.45. The molecule has 0 bridgehead atoms. The molecule has 0 radical (unpaired) electrons. The van der Waals surface area contributed by atoms with Crippen LogP contribution in [0.3, 0.4) is 0 Å². The highest BCUT2D eigenvalue weighted by atomic mass is 15.0. The molecule has 1 unspecified atom stereocenters. The first kappa shape index (κ1) is 13.9. The quantitative estimate of drug-likeness (QED) is 0.645. The standard InChI is InChI=1S/C15H21N3/c1-4-13-6-8-15(9-7-13)17-11-12(3)18-14(5-2)10-16/h4-10,12,17-18H,1-2,11,16H2,3H3/b14-10-. The molecule has 3 heteroatoms. The molecule has 1 atom stereocenters. The summed E-state index contributed by atoms with van der Waals surface area (Å²) in [6.45, 7) is 10.3. The van der Waals surface area contributed by atoms with E-state index in [1.165, 1.54) is 6.20 Å². The molecule has 0 saturated carbocycles. The number of benzene rings is 1. The zero-order valence-corrected chi connectivity index (χ0v) is 10.8. The lowest BCUT2D eigenvalue weighted by Gasteiger charge is -2.17. The molecule has 18 heavy (non-hydrogen) atoms. The van der Waals surface area contributed by atoms with Gasteiger partial charge in [0, 0.05) is 30.2 Å². The molecule has 0 saturated heterocycles. The SMILES string of the molecule is C=C/C(=C/N)NC(C)CNc1ccc(C=C)cc1. The molecule has 0 spiro atoms. The Balaban J connectivity index is 2.44. The average Bonchev–Trinajstić information content (AvgIpc) is 2.43. The third kappa shape index (κ3) is 4.37. The molecule has 0 fully saturated rings. The van der Waals surface area contributed by atoms with E-state index >= 15 is 0 Å². The Kier molecular flexibility index (Phi) is 5.58. The van der Waals surface area contributed by atoms with Crippen LogP contribution in [0.15, 0.2) is 55.4 Å². The zero-order chi connectivity index (χ0) is 13.4. The fourth-order valence-electron chi connectivity index (χ4n) is 1.52. The van der Waals surface area contributed by atoms with E-state index in [1.807, 2.05) is 30.3 Å². The molecular weight excluding hydrogens is 222 g/mol. The van der Waals surface area contributed by atoms with Crippen molar-refractivity contribution in [3.05, 3.63) is 61.0 Å². The number of hydrogen-bond acceptors (Lipinski definition) is 3. The van der Waals surface area contributed by atoms with Crippen molar-refractivity contribution in [2.45, 2.75) is 13.0 Å². The summed E-state index contributed by atoms with van der Waals surface area (Å²) in [6, 6.07) is 8.40. The van der Waals surface area contributed by atoms with Crippen LogP contribution >= 0.6 is 0 Å². The van der Waals surface area contributed by atoms with Crippen LogP contribution in [-0.2, 0) is 0 Å². The number of nitrogens with one attached hydrogen (secondary N) is 2. The van der Waals surface area contributed by atoms with Gasteiger partial charge in [0.05, 0.1) is 0 Å². The molecule has 96 valence electrons. The van der Waals surface area contributed by atoms with E-state index in [0.717, 1.165) is 23.5 Å². The number of rotatable bonds is 7.